The van der Waals surface area contributed by atoms with Crippen molar-refractivity contribution in [2.24, 2.45) is 4.99 Å². The van der Waals surface area contributed by atoms with Crippen molar-refractivity contribution in [1.82, 2.24) is 10.2 Å². The van der Waals surface area contributed by atoms with Crippen LogP contribution in [0.2, 0.25) is 0 Å². The number of hydrogen-bond acceptors (Lipinski definition) is 4. The van der Waals surface area contributed by atoms with E-state index in [1.54, 1.807) is 0 Å². The highest BCUT2D eigenvalue weighted by Gasteiger charge is 2.22. The number of anilines is 1. The van der Waals surface area contributed by atoms with Crippen molar-refractivity contribution in [3.05, 3.63) is 29.8 Å². The van der Waals surface area contributed by atoms with Crippen molar-refractivity contribution in [3.63, 3.8) is 0 Å². The van der Waals surface area contributed by atoms with Gasteiger partial charge in [-0.25, -0.2) is 4.99 Å². The maximum absolute atomic E-state index is 9.73. The largest absolute Gasteiger partial charge is 0.391 e. The Bertz CT molecular complexity index is 549. The minimum Gasteiger partial charge on any atom is -0.391 e. The average molecular weight is 476 g/mol. The zero-order valence-corrected chi connectivity index (χ0v) is 18.0. The standard InChI is InChI=1S/C18H28N4OS.HI/c1-2-19-18(22-8-7-17(23)14-22)20-13-15-3-5-16(6-4-15)21-9-11-24-12-10-21;/h3-6,17,23H,2,7-14H2,1H3,(H,19,20);1H/t17-;/m1./s1. The van der Waals surface area contributed by atoms with E-state index in [-0.39, 0.29) is 30.1 Å². The first-order valence-corrected chi connectivity index (χ1v) is 10.0. The first-order valence-electron chi connectivity index (χ1n) is 8.89. The van der Waals surface area contributed by atoms with Crippen LogP contribution < -0.4 is 10.2 Å². The first-order chi connectivity index (χ1) is 11.8. The number of nitrogens with zero attached hydrogens (tertiary/aromatic N) is 3. The van der Waals surface area contributed by atoms with Crippen LogP contribution in [0.4, 0.5) is 5.69 Å². The molecule has 0 bridgehead atoms. The molecule has 0 saturated carbocycles. The Labute approximate surface area is 172 Å². The number of rotatable bonds is 4. The van der Waals surface area contributed by atoms with Crippen LogP contribution in [0.1, 0.15) is 18.9 Å². The van der Waals surface area contributed by atoms with E-state index in [0.717, 1.165) is 38.6 Å². The lowest BCUT2D eigenvalue weighted by Crippen LogP contribution is -2.40. The van der Waals surface area contributed by atoms with Gasteiger partial charge in [-0.2, -0.15) is 11.8 Å². The average Bonchev–Trinajstić information content (AvgIpc) is 3.06. The molecule has 0 spiro atoms. The highest BCUT2D eigenvalue weighted by atomic mass is 127. The summed E-state index contributed by atoms with van der Waals surface area (Å²) in [4.78, 5) is 9.35. The van der Waals surface area contributed by atoms with Gasteiger partial charge in [-0.05, 0) is 31.0 Å². The van der Waals surface area contributed by atoms with Crippen LogP contribution in [-0.2, 0) is 6.54 Å². The molecule has 2 N–H and O–H groups in total. The van der Waals surface area contributed by atoms with Crippen molar-refractivity contribution in [2.75, 3.05) is 49.1 Å². The molecule has 7 heteroatoms. The molecule has 2 fully saturated rings. The summed E-state index contributed by atoms with van der Waals surface area (Å²) < 4.78 is 0. The minimum absolute atomic E-state index is 0. The quantitative estimate of drug-likeness (QED) is 0.397. The maximum Gasteiger partial charge on any atom is 0.194 e. The zero-order chi connectivity index (χ0) is 16.8. The van der Waals surface area contributed by atoms with Gasteiger partial charge in [0.25, 0.3) is 0 Å². The van der Waals surface area contributed by atoms with Gasteiger partial charge >= 0.3 is 0 Å². The predicted octanol–water partition coefficient (Wildman–Crippen LogP) is 2.39. The van der Waals surface area contributed by atoms with Crippen LogP contribution in [0.3, 0.4) is 0 Å². The van der Waals surface area contributed by atoms with Gasteiger partial charge in [0.2, 0.25) is 0 Å². The number of guanidine groups is 1. The van der Waals surface area contributed by atoms with E-state index in [1.807, 2.05) is 11.8 Å². The Morgan fingerprint density at radius 1 is 1.24 bits per heavy atom. The molecule has 0 radical (unpaired) electrons. The Morgan fingerprint density at radius 2 is 1.96 bits per heavy atom. The summed E-state index contributed by atoms with van der Waals surface area (Å²) in [6.07, 6.45) is 0.601. The van der Waals surface area contributed by atoms with Gasteiger partial charge in [-0.3, -0.25) is 0 Å². The molecular formula is C18H29IN4OS. The molecule has 2 saturated heterocycles. The molecule has 2 aliphatic rings. The topological polar surface area (TPSA) is 51.1 Å². The highest BCUT2D eigenvalue weighted by molar-refractivity contribution is 14.0. The second kappa shape index (κ2) is 10.5. The molecule has 3 rings (SSSR count). The number of nitrogens with one attached hydrogen (secondary N) is 1. The van der Waals surface area contributed by atoms with Crippen molar-refractivity contribution >= 4 is 47.4 Å². The number of aliphatic hydroxyl groups is 1. The molecule has 0 amide bonds. The van der Waals surface area contributed by atoms with Crippen LogP contribution in [0, 0.1) is 0 Å². The Kier molecular flexibility index (Phi) is 8.65. The first kappa shape index (κ1) is 20.6. The van der Waals surface area contributed by atoms with Gasteiger partial charge in [-0.1, -0.05) is 12.1 Å². The Hall–Kier alpha value is -0.670. The monoisotopic (exact) mass is 476 g/mol. The number of likely N-dealkylation sites (tertiary alicyclic amines) is 1. The molecule has 0 aromatic heterocycles. The van der Waals surface area contributed by atoms with E-state index < -0.39 is 0 Å². The molecule has 1 aromatic rings. The van der Waals surface area contributed by atoms with E-state index in [2.05, 4.69) is 46.3 Å². The van der Waals surface area contributed by atoms with E-state index in [4.69, 9.17) is 4.99 Å². The van der Waals surface area contributed by atoms with Crippen molar-refractivity contribution in [3.8, 4) is 0 Å². The predicted molar refractivity (Wildman–Crippen MR) is 118 cm³/mol. The summed E-state index contributed by atoms with van der Waals surface area (Å²) in [6, 6.07) is 8.80. The minimum atomic E-state index is -0.226. The fraction of sp³-hybridized carbons (Fsp3) is 0.611. The lowest BCUT2D eigenvalue weighted by atomic mass is 10.2. The van der Waals surface area contributed by atoms with E-state index >= 15 is 0 Å². The second-order valence-electron chi connectivity index (χ2n) is 6.32. The van der Waals surface area contributed by atoms with E-state index in [1.165, 1.54) is 22.8 Å². The molecule has 5 nitrogen and oxygen atoms in total. The highest BCUT2D eigenvalue weighted by Crippen LogP contribution is 2.20. The van der Waals surface area contributed by atoms with Crippen molar-refractivity contribution in [1.29, 1.82) is 0 Å². The number of halogens is 1. The van der Waals surface area contributed by atoms with Crippen LogP contribution >= 0.6 is 35.7 Å². The van der Waals surface area contributed by atoms with Crippen molar-refractivity contribution in [2.45, 2.75) is 26.0 Å². The van der Waals surface area contributed by atoms with E-state index in [9.17, 15) is 5.11 Å². The SMILES string of the molecule is CCNC(=NCc1ccc(N2CCSCC2)cc1)N1CC[C@@H](O)C1.I. The van der Waals surface area contributed by atoms with Crippen LogP contribution in [-0.4, -0.2) is 66.3 Å². The van der Waals surface area contributed by atoms with Crippen LogP contribution in [0.15, 0.2) is 29.3 Å². The summed E-state index contributed by atoms with van der Waals surface area (Å²) in [5.41, 5.74) is 2.54. The van der Waals surface area contributed by atoms with Crippen LogP contribution in [0.5, 0.6) is 0 Å². The molecule has 140 valence electrons. The van der Waals surface area contributed by atoms with Crippen LogP contribution in [0.25, 0.3) is 0 Å². The molecular weight excluding hydrogens is 447 g/mol. The normalized spacial score (nSPS) is 21.2. The lowest BCUT2D eigenvalue weighted by molar-refractivity contribution is 0.188. The molecule has 2 aliphatic heterocycles. The number of thioether (sulfide) groups is 1. The van der Waals surface area contributed by atoms with Gasteiger partial charge in [0.15, 0.2) is 5.96 Å². The summed E-state index contributed by atoms with van der Waals surface area (Å²) in [7, 11) is 0. The third-order valence-corrected chi connectivity index (χ3v) is 5.46. The summed E-state index contributed by atoms with van der Waals surface area (Å²) >= 11 is 2.04. The molecule has 1 atom stereocenters. The Balaban J connectivity index is 0.00000225. The number of β-amino-alcohol motifs (C(OH)–C–C–N with tert-alkyl or cyclic N) is 1. The van der Waals surface area contributed by atoms with Gasteiger partial charge in [0, 0.05) is 49.9 Å². The molecule has 2 heterocycles. The molecule has 0 aliphatic carbocycles. The summed E-state index contributed by atoms with van der Waals surface area (Å²) in [6.45, 7) is 7.43. The lowest BCUT2D eigenvalue weighted by Gasteiger charge is -2.28. The molecule has 0 unspecified atom stereocenters. The fourth-order valence-corrected chi connectivity index (χ4v) is 4.06. The summed E-state index contributed by atoms with van der Waals surface area (Å²) in [5, 5.41) is 13.1. The number of aliphatic hydroxyl groups excluding tert-OH is 1. The zero-order valence-electron chi connectivity index (χ0n) is 14.9. The number of hydrogen-bond donors (Lipinski definition) is 2. The number of benzene rings is 1. The molecule has 1 aromatic carbocycles. The smallest absolute Gasteiger partial charge is 0.194 e. The molecule has 25 heavy (non-hydrogen) atoms. The maximum atomic E-state index is 9.73. The van der Waals surface area contributed by atoms with Gasteiger partial charge in [-0.15, -0.1) is 24.0 Å². The van der Waals surface area contributed by atoms with Gasteiger partial charge in [0.1, 0.15) is 0 Å². The third-order valence-electron chi connectivity index (χ3n) is 4.52. The fourth-order valence-electron chi connectivity index (χ4n) is 3.16. The van der Waals surface area contributed by atoms with Crippen molar-refractivity contribution < 1.29 is 5.11 Å². The second-order valence-corrected chi connectivity index (χ2v) is 7.55. The van der Waals surface area contributed by atoms with E-state index in [0.29, 0.717) is 13.1 Å². The summed E-state index contributed by atoms with van der Waals surface area (Å²) in [5.74, 6) is 3.35. The van der Waals surface area contributed by atoms with Gasteiger partial charge in [0.05, 0.1) is 12.6 Å². The number of aliphatic imine (C=N–C) groups is 1. The third kappa shape index (κ3) is 5.92. The van der Waals surface area contributed by atoms with Gasteiger partial charge < -0.3 is 20.2 Å². The Morgan fingerprint density at radius 3 is 2.56 bits per heavy atom.